The van der Waals surface area contributed by atoms with Gasteiger partial charge in [0.2, 0.25) is 5.91 Å². The molecule has 0 heterocycles. The second-order valence-electron chi connectivity index (χ2n) is 9.02. The second kappa shape index (κ2) is 10.2. The average molecular weight is 403 g/mol. The summed E-state index contributed by atoms with van der Waals surface area (Å²) in [7, 11) is -0.542. The SMILES string of the molecule is C=C[C@@H](CO[Si](C)(C)C(C)(C)C)N(CC(=O)NCOC)C(=O)OC(C)(C)C. The lowest BCUT2D eigenvalue weighted by atomic mass is 10.2. The van der Waals surface area contributed by atoms with E-state index in [0.717, 1.165) is 0 Å². The molecule has 0 rings (SSSR count). The van der Waals surface area contributed by atoms with Gasteiger partial charge in [0, 0.05) is 7.11 Å². The summed E-state index contributed by atoms with van der Waals surface area (Å²) < 4.78 is 16.5. The molecule has 0 aromatic rings. The second-order valence-corrected chi connectivity index (χ2v) is 13.8. The highest BCUT2D eigenvalue weighted by molar-refractivity contribution is 6.74. The van der Waals surface area contributed by atoms with E-state index in [1.165, 1.54) is 12.0 Å². The van der Waals surface area contributed by atoms with E-state index in [2.05, 4.69) is 45.8 Å². The van der Waals surface area contributed by atoms with Crippen LogP contribution in [0.1, 0.15) is 41.5 Å². The first-order chi connectivity index (χ1) is 12.1. The molecule has 0 unspecified atom stereocenters. The van der Waals surface area contributed by atoms with E-state index in [1.807, 2.05) is 0 Å². The van der Waals surface area contributed by atoms with Crippen LogP contribution in [0.5, 0.6) is 0 Å². The van der Waals surface area contributed by atoms with E-state index >= 15 is 0 Å². The molecule has 27 heavy (non-hydrogen) atoms. The third kappa shape index (κ3) is 9.39. The molecule has 0 aliphatic rings. The number of carbonyl (C=O) groups excluding carboxylic acids is 2. The Morgan fingerprint density at radius 3 is 2.15 bits per heavy atom. The Balaban J connectivity index is 5.36. The largest absolute Gasteiger partial charge is 0.444 e. The fourth-order valence-electron chi connectivity index (χ4n) is 1.80. The maximum absolute atomic E-state index is 12.7. The molecule has 0 saturated carbocycles. The van der Waals surface area contributed by atoms with Crippen LogP contribution < -0.4 is 5.32 Å². The number of ether oxygens (including phenoxy) is 2. The van der Waals surface area contributed by atoms with E-state index < -0.39 is 26.1 Å². The van der Waals surface area contributed by atoms with Crippen molar-refractivity contribution in [2.75, 3.05) is 27.0 Å². The van der Waals surface area contributed by atoms with Crippen LogP contribution >= 0.6 is 0 Å². The monoisotopic (exact) mass is 402 g/mol. The lowest BCUT2D eigenvalue weighted by Crippen LogP contribution is -2.51. The predicted molar refractivity (Wildman–Crippen MR) is 110 cm³/mol. The summed E-state index contributed by atoms with van der Waals surface area (Å²) in [6, 6.07) is -0.484. The highest BCUT2D eigenvalue weighted by Crippen LogP contribution is 2.36. The molecule has 2 amide bonds. The lowest BCUT2D eigenvalue weighted by Gasteiger charge is -2.38. The first kappa shape index (κ1) is 25.6. The number of nitrogens with zero attached hydrogens (tertiary/aromatic N) is 1. The van der Waals surface area contributed by atoms with Gasteiger partial charge in [0.05, 0.1) is 12.6 Å². The summed E-state index contributed by atoms with van der Waals surface area (Å²) in [4.78, 5) is 26.2. The molecular formula is C19H38N2O5Si. The van der Waals surface area contributed by atoms with E-state index in [1.54, 1.807) is 26.8 Å². The Hall–Kier alpha value is -1.38. The number of methoxy groups -OCH3 is 1. The van der Waals surface area contributed by atoms with Gasteiger partial charge in [0.1, 0.15) is 18.9 Å². The van der Waals surface area contributed by atoms with Gasteiger partial charge in [-0.25, -0.2) is 4.79 Å². The Kier molecular flexibility index (Phi) is 9.72. The molecule has 0 aliphatic carbocycles. The molecule has 0 fully saturated rings. The van der Waals surface area contributed by atoms with Gasteiger partial charge in [-0.15, -0.1) is 6.58 Å². The van der Waals surface area contributed by atoms with Crippen molar-refractivity contribution in [2.45, 2.75) is 71.3 Å². The highest BCUT2D eigenvalue weighted by Gasteiger charge is 2.38. The molecule has 7 nitrogen and oxygen atoms in total. The minimum Gasteiger partial charge on any atom is -0.444 e. The topological polar surface area (TPSA) is 77.1 Å². The third-order valence-corrected chi connectivity index (χ3v) is 8.95. The zero-order valence-electron chi connectivity index (χ0n) is 18.5. The summed E-state index contributed by atoms with van der Waals surface area (Å²) >= 11 is 0. The first-order valence-corrected chi connectivity index (χ1v) is 12.1. The molecule has 0 saturated heterocycles. The van der Waals surface area contributed by atoms with Crippen LogP contribution in [0.25, 0.3) is 0 Å². The summed E-state index contributed by atoms with van der Waals surface area (Å²) in [6.45, 7) is 20.0. The standard InChI is InChI=1S/C19H38N2O5Si/c1-11-15(13-25-27(9,10)19(5,6)7)21(12-16(22)20-14-24-8)17(23)26-18(2,3)4/h11,15H,1,12-14H2,2-10H3,(H,20,22)/t15-/m0/s1. The van der Waals surface area contributed by atoms with Gasteiger partial charge < -0.3 is 19.2 Å². The quantitative estimate of drug-likeness (QED) is 0.363. The average Bonchev–Trinajstić information content (AvgIpc) is 2.49. The Morgan fingerprint density at radius 2 is 1.74 bits per heavy atom. The molecule has 158 valence electrons. The van der Waals surface area contributed by atoms with E-state index in [0.29, 0.717) is 0 Å². The Labute approximate surface area is 165 Å². The molecule has 0 aromatic carbocycles. The van der Waals surface area contributed by atoms with Crippen molar-refractivity contribution >= 4 is 20.3 Å². The summed E-state index contributed by atoms with van der Waals surface area (Å²) in [5.41, 5.74) is -0.676. The van der Waals surface area contributed by atoms with E-state index in [4.69, 9.17) is 13.9 Å². The molecule has 0 spiro atoms. The molecule has 1 N–H and O–H groups in total. The molecular weight excluding hydrogens is 364 g/mol. The summed E-state index contributed by atoms with van der Waals surface area (Å²) in [6.07, 6.45) is 1.03. The third-order valence-electron chi connectivity index (χ3n) is 4.45. The normalized spacial score (nSPS) is 13.7. The van der Waals surface area contributed by atoms with Crippen molar-refractivity contribution in [1.29, 1.82) is 0 Å². The van der Waals surface area contributed by atoms with Gasteiger partial charge in [-0.2, -0.15) is 0 Å². The van der Waals surface area contributed by atoms with Crippen molar-refractivity contribution in [1.82, 2.24) is 10.2 Å². The van der Waals surface area contributed by atoms with Crippen LogP contribution in [0.4, 0.5) is 4.79 Å². The van der Waals surface area contributed by atoms with Crippen molar-refractivity contribution in [2.24, 2.45) is 0 Å². The number of rotatable bonds is 9. The molecule has 1 atom stereocenters. The van der Waals surface area contributed by atoms with Gasteiger partial charge in [-0.3, -0.25) is 9.69 Å². The number of hydrogen-bond donors (Lipinski definition) is 1. The maximum atomic E-state index is 12.7. The number of hydrogen-bond acceptors (Lipinski definition) is 5. The molecule has 0 aliphatic heterocycles. The van der Waals surface area contributed by atoms with E-state index in [9.17, 15) is 9.59 Å². The van der Waals surface area contributed by atoms with Gasteiger partial charge in [0.15, 0.2) is 8.32 Å². The minimum absolute atomic E-state index is 0.0330. The van der Waals surface area contributed by atoms with Crippen molar-refractivity contribution < 1.29 is 23.5 Å². The van der Waals surface area contributed by atoms with Gasteiger partial charge in [0.25, 0.3) is 0 Å². The predicted octanol–water partition coefficient (Wildman–Crippen LogP) is 3.52. The van der Waals surface area contributed by atoms with Crippen molar-refractivity contribution in [3.05, 3.63) is 12.7 Å². The zero-order chi connectivity index (χ0) is 21.5. The minimum atomic E-state index is -2.02. The number of nitrogens with one attached hydrogen (secondary N) is 1. The number of carbonyl (C=O) groups is 2. The molecule has 0 aromatic heterocycles. The lowest BCUT2D eigenvalue weighted by molar-refractivity contribution is -0.124. The van der Waals surface area contributed by atoms with Crippen LogP contribution in [-0.2, 0) is 18.7 Å². The van der Waals surface area contributed by atoms with Gasteiger partial charge in [-0.05, 0) is 38.9 Å². The molecule has 0 radical (unpaired) electrons. The number of amides is 2. The molecule has 8 heteroatoms. The fourth-order valence-corrected chi connectivity index (χ4v) is 2.82. The fraction of sp³-hybridized carbons (Fsp3) is 0.789. The summed E-state index contributed by atoms with van der Waals surface area (Å²) in [5, 5.41) is 2.61. The summed E-state index contributed by atoms with van der Waals surface area (Å²) in [5.74, 6) is -0.345. The first-order valence-electron chi connectivity index (χ1n) is 9.16. The highest BCUT2D eigenvalue weighted by atomic mass is 28.4. The molecule has 0 bridgehead atoms. The van der Waals surface area contributed by atoms with Gasteiger partial charge in [-0.1, -0.05) is 26.8 Å². The van der Waals surface area contributed by atoms with Crippen molar-refractivity contribution in [3.63, 3.8) is 0 Å². The van der Waals surface area contributed by atoms with Crippen LogP contribution in [0.15, 0.2) is 12.7 Å². The van der Waals surface area contributed by atoms with Crippen molar-refractivity contribution in [3.8, 4) is 0 Å². The maximum Gasteiger partial charge on any atom is 0.411 e. The Morgan fingerprint density at radius 1 is 1.19 bits per heavy atom. The Bertz CT molecular complexity index is 509. The van der Waals surface area contributed by atoms with Crippen LogP contribution in [0.3, 0.4) is 0 Å². The van der Waals surface area contributed by atoms with Gasteiger partial charge >= 0.3 is 6.09 Å². The van der Waals surface area contributed by atoms with E-state index in [-0.39, 0.29) is 30.8 Å². The van der Waals surface area contributed by atoms with Crippen LogP contribution in [-0.4, -0.2) is 63.9 Å². The smallest absolute Gasteiger partial charge is 0.411 e. The van der Waals surface area contributed by atoms with Crippen LogP contribution in [0, 0.1) is 0 Å². The zero-order valence-corrected chi connectivity index (χ0v) is 19.5. The van der Waals surface area contributed by atoms with Crippen LogP contribution in [0.2, 0.25) is 18.1 Å².